The van der Waals surface area contributed by atoms with Gasteiger partial charge in [0.1, 0.15) is 0 Å². The van der Waals surface area contributed by atoms with E-state index in [1.54, 1.807) is 4.88 Å². The van der Waals surface area contributed by atoms with Gasteiger partial charge in [-0.3, -0.25) is 0 Å². The third kappa shape index (κ3) is 3.12. The van der Waals surface area contributed by atoms with Crippen LogP contribution in [0.25, 0.3) is 85.4 Å². The van der Waals surface area contributed by atoms with Crippen molar-refractivity contribution < 1.29 is 0 Å². The number of fused-ring (bicyclic) bond motifs is 8. The van der Waals surface area contributed by atoms with Crippen molar-refractivity contribution >= 4 is 96.9 Å². The number of aryl methyl sites for hydroxylation is 1. The average molecular weight is 595 g/mol. The van der Waals surface area contributed by atoms with Gasteiger partial charge in [-0.05, 0) is 121 Å². The quantitative estimate of drug-likeness (QED) is 0.175. The predicted molar refractivity (Wildman–Crippen MR) is 194 cm³/mol. The Morgan fingerprint density at radius 1 is 0.545 bits per heavy atom. The Balaban J connectivity index is 1.10. The second-order valence-electron chi connectivity index (χ2n) is 12.9. The van der Waals surface area contributed by atoms with Crippen LogP contribution >= 0.6 is 22.7 Å². The summed E-state index contributed by atoms with van der Waals surface area (Å²) in [6.45, 7) is 2.23. The zero-order chi connectivity index (χ0) is 28.7. The fourth-order valence-corrected chi connectivity index (χ4v) is 10.6. The molecule has 44 heavy (non-hydrogen) atoms. The van der Waals surface area contributed by atoms with Crippen molar-refractivity contribution in [2.24, 2.45) is 5.92 Å². The van der Waals surface area contributed by atoms with Gasteiger partial charge in [0.25, 0.3) is 0 Å². The predicted octanol–water partition coefficient (Wildman–Crippen LogP) is 12.8. The Morgan fingerprint density at radius 3 is 2.16 bits per heavy atom. The Labute approximate surface area is 262 Å². The fraction of sp³-hybridized carbons (Fsp3) is 0.0952. The molecule has 2 unspecified atom stereocenters. The van der Waals surface area contributed by atoms with Gasteiger partial charge in [-0.15, -0.1) is 22.7 Å². The standard InChI is InChI=1S/C42H26S2/c1-22-6-7-23-10-15-30-28(14-9-24-8-13-27(22)40(23)41(24)30)25-11-17-39-34(18-25)36-20-31(32-21-35(32)42(36)44-39)26-12-16-38-33(19-26)29-4-2-3-5-37(29)43-38/h2-20,32,35H,21H2,1H3. The molecule has 2 heteroatoms. The number of hydrogen-bond donors (Lipinski definition) is 0. The summed E-state index contributed by atoms with van der Waals surface area (Å²) in [6.07, 6.45) is 3.82. The lowest BCUT2D eigenvalue weighted by Gasteiger charge is -2.16. The lowest BCUT2D eigenvalue weighted by atomic mass is 9.88. The van der Waals surface area contributed by atoms with E-state index < -0.39 is 0 Å². The molecule has 2 heterocycles. The third-order valence-electron chi connectivity index (χ3n) is 10.5. The second kappa shape index (κ2) is 8.35. The van der Waals surface area contributed by atoms with Gasteiger partial charge in [-0.25, -0.2) is 0 Å². The molecular formula is C42H26S2. The number of rotatable bonds is 2. The maximum absolute atomic E-state index is 2.55. The van der Waals surface area contributed by atoms with Gasteiger partial charge in [0.05, 0.1) is 0 Å². The minimum absolute atomic E-state index is 0.651. The van der Waals surface area contributed by atoms with Crippen LogP contribution in [0.3, 0.4) is 0 Å². The molecule has 2 aromatic heterocycles. The second-order valence-corrected chi connectivity index (χ2v) is 15.0. The smallest absolute Gasteiger partial charge is 0.0355 e. The van der Waals surface area contributed by atoms with E-state index in [-0.39, 0.29) is 0 Å². The zero-order valence-corrected chi connectivity index (χ0v) is 25.8. The molecule has 0 saturated heterocycles. The summed E-state index contributed by atoms with van der Waals surface area (Å²) in [5, 5.41) is 12.4. The summed E-state index contributed by atoms with van der Waals surface area (Å²) in [5.41, 5.74) is 8.38. The fourth-order valence-electron chi connectivity index (χ4n) is 8.22. The Hall–Kier alpha value is -4.50. The molecule has 2 atom stereocenters. The van der Waals surface area contributed by atoms with E-state index in [1.165, 1.54) is 102 Å². The summed E-state index contributed by atoms with van der Waals surface area (Å²) in [5.74, 6) is 1.32. The van der Waals surface area contributed by atoms with E-state index in [2.05, 4.69) is 122 Å². The normalized spacial score (nSPS) is 17.7. The first kappa shape index (κ1) is 23.9. The molecule has 11 rings (SSSR count). The van der Waals surface area contributed by atoms with Crippen molar-refractivity contribution in [3.63, 3.8) is 0 Å². The molecule has 206 valence electrons. The van der Waals surface area contributed by atoms with Crippen LogP contribution in [0.15, 0.2) is 109 Å². The van der Waals surface area contributed by atoms with Crippen molar-refractivity contribution in [3.8, 4) is 11.1 Å². The van der Waals surface area contributed by atoms with Gasteiger partial charge in [-0.1, -0.05) is 78.9 Å². The highest BCUT2D eigenvalue weighted by Gasteiger charge is 2.46. The van der Waals surface area contributed by atoms with Crippen LogP contribution in [-0.2, 0) is 0 Å². The van der Waals surface area contributed by atoms with Crippen LogP contribution in [-0.4, -0.2) is 0 Å². The van der Waals surface area contributed by atoms with Gasteiger partial charge in [0.2, 0.25) is 0 Å². The van der Waals surface area contributed by atoms with Gasteiger partial charge >= 0.3 is 0 Å². The van der Waals surface area contributed by atoms with Crippen molar-refractivity contribution in [1.29, 1.82) is 0 Å². The van der Waals surface area contributed by atoms with E-state index in [0.717, 1.165) is 0 Å². The average Bonchev–Trinajstić information content (AvgIpc) is 3.66. The van der Waals surface area contributed by atoms with Gasteiger partial charge in [0.15, 0.2) is 0 Å². The molecular weight excluding hydrogens is 569 g/mol. The van der Waals surface area contributed by atoms with Crippen LogP contribution in [0.1, 0.15) is 33.9 Å². The van der Waals surface area contributed by atoms with E-state index in [1.807, 2.05) is 22.7 Å². The largest absolute Gasteiger partial charge is 0.139 e. The topological polar surface area (TPSA) is 0 Å². The Kier molecular flexibility index (Phi) is 4.54. The molecule has 0 N–H and O–H groups in total. The van der Waals surface area contributed by atoms with Gasteiger partial charge in [-0.2, -0.15) is 0 Å². The first-order valence-electron chi connectivity index (χ1n) is 15.6. The van der Waals surface area contributed by atoms with Gasteiger partial charge in [0, 0.05) is 41.1 Å². The summed E-state index contributed by atoms with van der Waals surface area (Å²) in [4.78, 5) is 1.60. The lowest BCUT2D eigenvalue weighted by molar-refractivity contribution is 1.04. The first-order chi connectivity index (χ1) is 21.7. The molecule has 0 amide bonds. The van der Waals surface area contributed by atoms with E-state index in [9.17, 15) is 0 Å². The number of hydrogen-bond acceptors (Lipinski definition) is 2. The maximum atomic E-state index is 2.55. The SMILES string of the molecule is Cc1ccc2ccc3c(-c4ccc5sc6c(c5c4)C=C(c4ccc5sc7ccccc7c5c4)C4CC64)ccc4ccc1c2c43. The van der Waals surface area contributed by atoms with Crippen molar-refractivity contribution in [2.75, 3.05) is 0 Å². The summed E-state index contributed by atoms with van der Waals surface area (Å²) < 4.78 is 4.17. The van der Waals surface area contributed by atoms with Crippen LogP contribution in [0, 0.1) is 12.8 Å². The molecule has 1 saturated carbocycles. The molecule has 0 nitrogen and oxygen atoms in total. The molecule has 0 bridgehead atoms. The monoisotopic (exact) mass is 594 g/mol. The van der Waals surface area contributed by atoms with Crippen molar-refractivity contribution in [1.82, 2.24) is 0 Å². The summed E-state index contributed by atoms with van der Waals surface area (Å²) in [7, 11) is 0. The van der Waals surface area contributed by atoms with Crippen LogP contribution in [0.2, 0.25) is 0 Å². The highest BCUT2D eigenvalue weighted by Crippen LogP contribution is 2.62. The maximum Gasteiger partial charge on any atom is 0.0355 e. The van der Waals surface area contributed by atoms with Crippen LogP contribution in [0.4, 0.5) is 0 Å². The van der Waals surface area contributed by atoms with Crippen molar-refractivity contribution in [3.05, 3.63) is 131 Å². The molecule has 0 radical (unpaired) electrons. The Morgan fingerprint density at radius 2 is 1.25 bits per heavy atom. The third-order valence-corrected chi connectivity index (χ3v) is 13.0. The molecule has 0 spiro atoms. The highest BCUT2D eigenvalue weighted by molar-refractivity contribution is 7.25. The lowest BCUT2D eigenvalue weighted by Crippen LogP contribution is -1.95. The Bertz CT molecular complexity index is 2710. The molecule has 9 aromatic rings. The van der Waals surface area contributed by atoms with E-state index >= 15 is 0 Å². The van der Waals surface area contributed by atoms with E-state index in [0.29, 0.717) is 11.8 Å². The number of thiophene rings is 2. The summed E-state index contributed by atoms with van der Waals surface area (Å²) >= 11 is 3.93. The highest BCUT2D eigenvalue weighted by atomic mass is 32.1. The van der Waals surface area contributed by atoms with Gasteiger partial charge < -0.3 is 0 Å². The molecule has 2 aliphatic carbocycles. The molecule has 2 aliphatic rings. The minimum atomic E-state index is 0.651. The minimum Gasteiger partial charge on any atom is -0.139 e. The number of benzene rings is 7. The van der Waals surface area contributed by atoms with Crippen LogP contribution < -0.4 is 0 Å². The molecule has 1 fully saturated rings. The van der Waals surface area contributed by atoms with Crippen molar-refractivity contribution in [2.45, 2.75) is 19.3 Å². The molecule has 0 aliphatic heterocycles. The molecule has 7 aromatic carbocycles. The first-order valence-corrected chi connectivity index (χ1v) is 17.2. The van der Waals surface area contributed by atoms with Crippen LogP contribution in [0.5, 0.6) is 0 Å². The summed E-state index contributed by atoms with van der Waals surface area (Å²) in [6, 6.07) is 41.7. The van der Waals surface area contributed by atoms with E-state index in [4.69, 9.17) is 0 Å². The zero-order valence-electron chi connectivity index (χ0n) is 24.1. The number of allylic oxidation sites excluding steroid dienone is 1.